The minimum Gasteiger partial charge on any atom is -0.484 e. The molecule has 0 unspecified atom stereocenters. The van der Waals surface area contributed by atoms with Crippen molar-refractivity contribution in [2.24, 2.45) is 5.41 Å². The first-order chi connectivity index (χ1) is 13.5. The molecule has 5 heteroatoms. The fourth-order valence-corrected chi connectivity index (χ4v) is 3.75. The number of benzene rings is 2. The third kappa shape index (κ3) is 7.58. The zero-order valence-electron chi connectivity index (χ0n) is 17.9. The van der Waals surface area contributed by atoms with E-state index in [1.54, 1.807) is 0 Å². The maximum Gasteiger partial charge on any atom is 0.276 e. The lowest BCUT2D eigenvalue weighted by atomic mass is 9.72. The second kappa shape index (κ2) is 9.49. The molecular formula is C24H31BrN2O2. The number of hydrazine groups is 1. The van der Waals surface area contributed by atoms with Crippen LogP contribution in [0.15, 0.2) is 59.6 Å². The van der Waals surface area contributed by atoms with Crippen molar-refractivity contribution in [3.8, 4) is 5.75 Å². The molecule has 0 fully saturated rings. The molecule has 0 aliphatic carbocycles. The number of carbonyl (C=O) groups is 1. The van der Waals surface area contributed by atoms with Gasteiger partial charge in [-0.25, -0.2) is 0 Å². The minimum atomic E-state index is -0.277. The van der Waals surface area contributed by atoms with Crippen LogP contribution in [0.3, 0.4) is 0 Å². The molecule has 2 rings (SSSR count). The van der Waals surface area contributed by atoms with E-state index in [4.69, 9.17) is 4.74 Å². The average molecular weight is 459 g/mol. The van der Waals surface area contributed by atoms with Crippen LogP contribution in [-0.4, -0.2) is 12.5 Å². The number of carbonyl (C=O) groups excluding carboxylic acids is 1. The van der Waals surface area contributed by atoms with E-state index < -0.39 is 0 Å². The Balaban J connectivity index is 1.82. The van der Waals surface area contributed by atoms with Crippen molar-refractivity contribution in [3.63, 3.8) is 0 Å². The van der Waals surface area contributed by atoms with Gasteiger partial charge in [-0.2, -0.15) is 0 Å². The summed E-state index contributed by atoms with van der Waals surface area (Å²) in [4.78, 5) is 12.0. The number of ether oxygens (including phenoxy) is 1. The standard InChI is InChI=1S/C24H31BrN2O2/c1-17(18-7-11-20(25)12-8-18)26-27-22(28)15-29-21-13-9-19(10-14-21)24(5,6)16-23(2,3)4/h7-14,26H,1,15-16H2,2-6H3,(H,27,28). The van der Waals surface area contributed by atoms with Crippen molar-refractivity contribution < 1.29 is 9.53 Å². The highest BCUT2D eigenvalue weighted by atomic mass is 79.9. The first-order valence-corrected chi connectivity index (χ1v) is 10.5. The Morgan fingerprint density at radius 2 is 1.55 bits per heavy atom. The molecular weight excluding hydrogens is 428 g/mol. The fraction of sp³-hybridized carbons (Fsp3) is 0.375. The summed E-state index contributed by atoms with van der Waals surface area (Å²) in [6.45, 7) is 15.1. The molecule has 29 heavy (non-hydrogen) atoms. The van der Waals surface area contributed by atoms with Crippen LogP contribution in [0.5, 0.6) is 5.75 Å². The number of rotatable bonds is 8. The molecule has 4 nitrogen and oxygen atoms in total. The first kappa shape index (κ1) is 23.0. The lowest BCUT2D eigenvalue weighted by Crippen LogP contribution is -2.38. The molecule has 0 aliphatic heterocycles. The quantitative estimate of drug-likeness (QED) is 0.488. The number of nitrogens with one attached hydrogen (secondary N) is 2. The van der Waals surface area contributed by atoms with E-state index in [9.17, 15) is 4.79 Å². The lowest BCUT2D eigenvalue weighted by Gasteiger charge is -2.33. The zero-order chi connectivity index (χ0) is 21.7. The molecule has 2 aromatic rings. The molecule has 0 aliphatic rings. The maximum atomic E-state index is 12.0. The molecule has 156 valence electrons. The van der Waals surface area contributed by atoms with Crippen molar-refractivity contribution >= 4 is 27.5 Å². The van der Waals surface area contributed by atoms with E-state index in [0.717, 1.165) is 16.5 Å². The number of amides is 1. The molecule has 1 amide bonds. The normalized spacial score (nSPS) is 11.7. The second-order valence-electron chi connectivity index (χ2n) is 9.09. The van der Waals surface area contributed by atoms with Gasteiger partial charge in [0.1, 0.15) is 5.75 Å². The molecule has 0 atom stereocenters. The van der Waals surface area contributed by atoms with Gasteiger partial charge in [-0.3, -0.25) is 15.6 Å². The van der Waals surface area contributed by atoms with Gasteiger partial charge in [0, 0.05) is 4.47 Å². The van der Waals surface area contributed by atoms with Crippen LogP contribution in [0.1, 0.15) is 52.2 Å². The zero-order valence-corrected chi connectivity index (χ0v) is 19.5. The average Bonchev–Trinajstić information content (AvgIpc) is 2.63. The fourth-order valence-electron chi connectivity index (χ4n) is 3.48. The third-order valence-electron chi connectivity index (χ3n) is 4.52. The summed E-state index contributed by atoms with van der Waals surface area (Å²) in [6, 6.07) is 15.6. The van der Waals surface area contributed by atoms with Crippen molar-refractivity contribution in [1.82, 2.24) is 10.9 Å². The largest absolute Gasteiger partial charge is 0.484 e. The van der Waals surface area contributed by atoms with Gasteiger partial charge in [-0.15, -0.1) is 0 Å². The van der Waals surface area contributed by atoms with Crippen molar-refractivity contribution in [1.29, 1.82) is 0 Å². The summed E-state index contributed by atoms with van der Waals surface area (Å²) >= 11 is 3.39. The topological polar surface area (TPSA) is 50.4 Å². The highest BCUT2D eigenvalue weighted by Crippen LogP contribution is 2.36. The molecule has 2 N–H and O–H groups in total. The molecule has 0 bridgehead atoms. The summed E-state index contributed by atoms with van der Waals surface area (Å²) in [7, 11) is 0. The van der Waals surface area contributed by atoms with Gasteiger partial charge in [-0.1, -0.05) is 81.4 Å². The van der Waals surface area contributed by atoms with Crippen molar-refractivity contribution in [2.45, 2.75) is 46.5 Å². The Bertz CT molecular complexity index is 835. The van der Waals surface area contributed by atoms with E-state index in [2.05, 4.69) is 80.1 Å². The minimum absolute atomic E-state index is 0.0749. The van der Waals surface area contributed by atoms with Crippen LogP contribution in [0.4, 0.5) is 0 Å². The highest BCUT2D eigenvalue weighted by molar-refractivity contribution is 9.10. The van der Waals surface area contributed by atoms with E-state index in [0.29, 0.717) is 11.4 Å². The molecule has 0 heterocycles. The Hall–Kier alpha value is -2.27. The highest BCUT2D eigenvalue weighted by Gasteiger charge is 2.27. The van der Waals surface area contributed by atoms with Crippen LogP contribution < -0.4 is 15.6 Å². The summed E-state index contributed by atoms with van der Waals surface area (Å²) in [5.74, 6) is 0.391. The molecule has 0 spiro atoms. The SMILES string of the molecule is C=C(NNC(=O)COc1ccc(C(C)(C)CC(C)(C)C)cc1)c1ccc(Br)cc1. The van der Waals surface area contributed by atoms with Gasteiger partial charge in [0.25, 0.3) is 5.91 Å². The molecule has 0 saturated heterocycles. The molecule has 0 radical (unpaired) electrons. The van der Waals surface area contributed by atoms with Gasteiger partial charge < -0.3 is 4.74 Å². The van der Waals surface area contributed by atoms with Crippen LogP contribution in [0, 0.1) is 5.41 Å². The molecule has 0 saturated carbocycles. The van der Waals surface area contributed by atoms with E-state index in [1.165, 1.54) is 5.56 Å². The third-order valence-corrected chi connectivity index (χ3v) is 5.05. The molecule has 0 aromatic heterocycles. The lowest BCUT2D eigenvalue weighted by molar-refractivity contribution is -0.123. The first-order valence-electron chi connectivity index (χ1n) is 9.69. The predicted molar refractivity (Wildman–Crippen MR) is 123 cm³/mol. The number of hydrogen-bond donors (Lipinski definition) is 2. The summed E-state index contributed by atoms with van der Waals surface area (Å²) in [6.07, 6.45) is 1.08. The predicted octanol–water partition coefficient (Wildman–Crippen LogP) is 5.83. The number of hydrogen-bond acceptors (Lipinski definition) is 3. The van der Waals surface area contributed by atoms with Gasteiger partial charge in [-0.05, 0) is 52.6 Å². The Morgan fingerprint density at radius 3 is 2.10 bits per heavy atom. The van der Waals surface area contributed by atoms with Gasteiger partial charge in [0.2, 0.25) is 0 Å². The van der Waals surface area contributed by atoms with Crippen LogP contribution in [0.2, 0.25) is 0 Å². The smallest absolute Gasteiger partial charge is 0.276 e. The van der Waals surface area contributed by atoms with Gasteiger partial charge in [0.05, 0.1) is 5.70 Å². The Labute approximate surface area is 182 Å². The van der Waals surface area contributed by atoms with Crippen LogP contribution in [-0.2, 0) is 10.2 Å². The van der Waals surface area contributed by atoms with Crippen molar-refractivity contribution in [2.75, 3.05) is 6.61 Å². The second-order valence-corrected chi connectivity index (χ2v) is 10.0. The van der Waals surface area contributed by atoms with Gasteiger partial charge >= 0.3 is 0 Å². The van der Waals surface area contributed by atoms with Crippen molar-refractivity contribution in [3.05, 3.63) is 70.7 Å². The Morgan fingerprint density at radius 1 is 0.966 bits per heavy atom. The van der Waals surface area contributed by atoms with Crippen LogP contribution in [0.25, 0.3) is 5.70 Å². The van der Waals surface area contributed by atoms with Gasteiger partial charge in [0.15, 0.2) is 6.61 Å². The van der Waals surface area contributed by atoms with E-state index in [-0.39, 0.29) is 23.3 Å². The Kier molecular flexibility index (Phi) is 7.53. The summed E-state index contributed by atoms with van der Waals surface area (Å²) < 4.78 is 6.59. The van der Waals surface area contributed by atoms with Crippen LogP contribution >= 0.6 is 15.9 Å². The summed E-state index contributed by atoms with van der Waals surface area (Å²) in [5, 5.41) is 0. The molecule has 2 aromatic carbocycles. The van der Waals surface area contributed by atoms with E-state index in [1.807, 2.05) is 36.4 Å². The number of halogens is 1. The monoisotopic (exact) mass is 458 g/mol. The maximum absolute atomic E-state index is 12.0. The summed E-state index contributed by atoms with van der Waals surface area (Å²) in [5.41, 5.74) is 8.51. The van der Waals surface area contributed by atoms with E-state index >= 15 is 0 Å².